The van der Waals surface area contributed by atoms with Crippen LogP contribution in [0.3, 0.4) is 0 Å². The van der Waals surface area contributed by atoms with E-state index in [1.165, 1.54) is 18.3 Å². The molecule has 0 saturated carbocycles. The molecule has 3 aromatic heterocycles. The number of nitrogens with zero attached hydrogens (tertiary/aromatic N) is 5. The fourth-order valence-corrected chi connectivity index (χ4v) is 4.62. The molecular weight excluding hydrogens is 519 g/mol. The highest BCUT2D eigenvalue weighted by Crippen LogP contribution is 2.34. The quantitative estimate of drug-likeness (QED) is 0.402. The van der Waals surface area contributed by atoms with Gasteiger partial charge in [0, 0.05) is 29.7 Å². The maximum absolute atomic E-state index is 13.0. The molecule has 14 heteroatoms. The van der Waals surface area contributed by atoms with E-state index in [-0.39, 0.29) is 36.4 Å². The largest absolute Gasteiger partial charge is 0.447 e. The van der Waals surface area contributed by atoms with Crippen molar-refractivity contribution in [1.82, 2.24) is 24.3 Å². The fourth-order valence-electron chi connectivity index (χ4n) is 4.62. The maximum atomic E-state index is 13.0. The number of anilines is 2. The topological polar surface area (TPSA) is 137 Å². The lowest BCUT2D eigenvalue weighted by Crippen LogP contribution is -2.45. The standard InChI is InChI=1S/C25H20F3N7O4/c26-25(27,28)15-5-6-30-18(9-15)32-23(36)14-3-1-13(2-4-14)19-20-21(29)31-7-8-34(20)22(33-19)17-10-35-16(11-38-17)12-39-24(35)37/h1-9,16-17H,10-12H2,(H2,29,31)(H,30,32,36). The monoisotopic (exact) mass is 539 g/mol. The number of morpholine rings is 1. The lowest BCUT2D eigenvalue weighted by atomic mass is 10.1. The van der Waals surface area contributed by atoms with Gasteiger partial charge in [-0.25, -0.2) is 19.7 Å². The maximum Gasteiger partial charge on any atom is 0.416 e. The normalized spacial score (nSPS) is 19.2. The minimum atomic E-state index is -4.56. The fraction of sp³-hybridized carbons (Fsp3) is 0.240. The van der Waals surface area contributed by atoms with Crippen molar-refractivity contribution in [3.8, 4) is 11.3 Å². The van der Waals surface area contributed by atoms with Crippen LogP contribution in [0.5, 0.6) is 0 Å². The summed E-state index contributed by atoms with van der Waals surface area (Å²) in [6.45, 7) is 0.832. The highest BCUT2D eigenvalue weighted by atomic mass is 19.4. The van der Waals surface area contributed by atoms with Crippen LogP contribution in [0.1, 0.15) is 27.8 Å². The predicted molar refractivity (Wildman–Crippen MR) is 131 cm³/mol. The summed E-state index contributed by atoms with van der Waals surface area (Å²) in [6, 6.07) is 7.75. The summed E-state index contributed by atoms with van der Waals surface area (Å²) < 4.78 is 51.8. The number of ether oxygens (including phenoxy) is 2. The van der Waals surface area contributed by atoms with Gasteiger partial charge >= 0.3 is 12.3 Å². The van der Waals surface area contributed by atoms with Gasteiger partial charge in [0.1, 0.15) is 41.4 Å². The number of benzene rings is 1. The van der Waals surface area contributed by atoms with E-state index in [2.05, 4.69) is 15.3 Å². The average molecular weight is 539 g/mol. The molecule has 39 heavy (non-hydrogen) atoms. The van der Waals surface area contributed by atoms with Gasteiger partial charge in [-0.15, -0.1) is 0 Å². The molecule has 11 nitrogen and oxygen atoms in total. The number of aromatic nitrogens is 4. The number of nitrogens with one attached hydrogen (secondary N) is 1. The number of amides is 2. The molecule has 4 aromatic rings. The van der Waals surface area contributed by atoms with Crippen molar-refractivity contribution in [3.63, 3.8) is 0 Å². The molecule has 2 unspecified atom stereocenters. The molecule has 2 amide bonds. The third kappa shape index (κ3) is 4.48. The summed E-state index contributed by atoms with van der Waals surface area (Å²) in [7, 11) is 0. The summed E-state index contributed by atoms with van der Waals surface area (Å²) in [6.07, 6.45) is -1.30. The zero-order chi connectivity index (χ0) is 27.3. The van der Waals surface area contributed by atoms with Crippen LogP contribution in [0.2, 0.25) is 0 Å². The number of rotatable bonds is 4. The van der Waals surface area contributed by atoms with E-state index in [0.717, 1.165) is 18.3 Å². The number of halogens is 3. The van der Waals surface area contributed by atoms with Crippen molar-refractivity contribution < 1.29 is 32.2 Å². The van der Waals surface area contributed by atoms with Crippen molar-refractivity contribution in [2.45, 2.75) is 18.3 Å². The number of pyridine rings is 1. The second-order valence-corrected chi connectivity index (χ2v) is 9.01. The van der Waals surface area contributed by atoms with Crippen LogP contribution >= 0.6 is 0 Å². The number of nitrogens with two attached hydrogens (primary N) is 1. The van der Waals surface area contributed by atoms with Crippen molar-refractivity contribution >= 4 is 29.2 Å². The molecule has 2 fully saturated rings. The number of fused-ring (bicyclic) bond motifs is 2. The van der Waals surface area contributed by atoms with Gasteiger partial charge < -0.3 is 20.5 Å². The lowest BCUT2D eigenvalue weighted by Gasteiger charge is -2.32. The molecule has 200 valence electrons. The molecule has 5 heterocycles. The Kier molecular flexibility index (Phi) is 5.83. The number of carbonyl (C=O) groups is 2. The molecule has 0 radical (unpaired) electrons. The van der Waals surface area contributed by atoms with Crippen molar-refractivity contribution in [2.24, 2.45) is 0 Å². The van der Waals surface area contributed by atoms with Gasteiger partial charge in [0.25, 0.3) is 5.91 Å². The highest BCUT2D eigenvalue weighted by molar-refractivity contribution is 6.04. The first-order valence-electron chi connectivity index (χ1n) is 11.8. The Morgan fingerprint density at radius 3 is 2.67 bits per heavy atom. The minimum absolute atomic E-state index is 0.143. The van der Waals surface area contributed by atoms with Gasteiger partial charge in [-0.1, -0.05) is 12.1 Å². The zero-order valence-electron chi connectivity index (χ0n) is 20.1. The average Bonchev–Trinajstić information content (AvgIpc) is 3.50. The first-order valence-corrected chi connectivity index (χ1v) is 11.8. The number of alkyl halides is 3. The predicted octanol–water partition coefficient (Wildman–Crippen LogP) is 3.54. The summed E-state index contributed by atoms with van der Waals surface area (Å²) >= 11 is 0. The van der Waals surface area contributed by atoms with Crippen LogP contribution in [0, 0.1) is 0 Å². The van der Waals surface area contributed by atoms with E-state index < -0.39 is 29.8 Å². The highest BCUT2D eigenvalue weighted by Gasteiger charge is 2.41. The second-order valence-electron chi connectivity index (χ2n) is 9.01. The molecule has 6 rings (SSSR count). The Morgan fingerprint density at radius 1 is 1.10 bits per heavy atom. The van der Waals surface area contributed by atoms with Crippen LogP contribution in [0.15, 0.2) is 55.0 Å². The third-order valence-corrected chi connectivity index (χ3v) is 6.57. The van der Waals surface area contributed by atoms with Gasteiger partial charge in [0.15, 0.2) is 0 Å². The van der Waals surface area contributed by atoms with Crippen molar-refractivity contribution in [2.75, 3.05) is 30.8 Å². The number of hydrogen-bond acceptors (Lipinski definition) is 8. The van der Waals surface area contributed by atoms with Gasteiger partial charge in [0.2, 0.25) is 0 Å². The first-order chi connectivity index (χ1) is 18.7. The second kappa shape index (κ2) is 9.23. The molecule has 1 aromatic carbocycles. The van der Waals surface area contributed by atoms with Gasteiger partial charge in [-0.2, -0.15) is 13.2 Å². The van der Waals surface area contributed by atoms with Crippen LogP contribution in [-0.2, 0) is 15.7 Å². The summed E-state index contributed by atoms with van der Waals surface area (Å²) in [5.74, 6) is -0.116. The molecule has 0 bridgehead atoms. The summed E-state index contributed by atoms with van der Waals surface area (Å²) in [4.78, 5) is 39.1. The Balaban J connectivity index is 1.28. The smallest absolute Gasteiger partial charge is 0.416 e. The van der Waals surface area contributed by atoms with Crippen LogP contribution in [0.25, 0.3) is 16.8 Å². The SMILES string of the molecule is Nc1nccn2c(C3CN4C(=O)OCC4CO3)nc(-c3ccc(C(=O)Nc4cc(C(F)(F)F)ccn4)cc3)c12. The third-order valence-electron chi connectivity index (χ3n) is 6.57. The van der Waals surface area contributed by atoms with Crippen molar-refractivity contribution in [1.29, 1.82) is 0 Å². The Morgan fingerprint density at radius 2 is 1.90 bits per heavy atom. The number of carbonyl (C=O) groups excluding carboxylic acids is 2. The van der Waals surface area contributed by atoms with E-state index in [1.807, 2.05) is 0 Å². The Hall–Kier alpha value is -4.72. The number of hydrogen-bond donors (Lipinski definition) is 2. The number of imidazole rings is 1. The van der Waals surface area contributed by atoms with E-state index in [1.54, 1.807) is 27.6 Å². The summed E-state index contributed by atoms with van der Waals surface area (Å²) in [5, 5.41) is 2.38. The van der Waals surface area contributed by atoms with Crippen LogP contribution < -0.4 is 11.1 Å². The minimum Gasteiger partial charge on any atom is -0.447 e. The van der Waals surface area contributed by atoms with Crippen LogP contribution in [-0.4, -0.2) is 62.1 Å². The first kappa shape index (κ1) is 24.6. The van der Waals surface area contributed by atoms with Gasteiger partial charge in [-0.3, -0.25) is 14.1 Å². The molecule has 0 aliphatic carbocycles. The molecule has 2 saturated heterocycles. The van der Waals surface area contributed by atoms with Crippen LogP contribution in [0.4, 0.5) is 29.6 Å². The molecule has 2 atom stereocenters. The van der Waals surface area contributed by atoms with E-state index in [9.17, 15) is 22.8 Å². The number of nitrogen functional groups attached to an aromatic ring is 1. The van der Waals surface area contributed by atoms with Gasteiger partial charge in [0.05, 0.1) is 24.8 Å². The van der Waals surface area contributed by atoms with Crippen molar-refractivity contribution in [3.05, 3.63) is 71.9 Å². The Bertz CT molecular complexity index is 1590. The zero-order valence-corrected chi connectivity index (χ0v) is 20.1. The van der Waals surface area contributed by atoms with E-state index in [0.29, 0.717) is 29.2 Å². The lowest BCUT2D eigenvalue weighted by molar-refractivity contribution is -0.137. The molecular formula is C25H20F3N7O4. The molecule has 0 spiro atoms. The van der Waals surface area contributed by atoms with Gasteiger partial charge in [-0.05, 0) is 24.3 Å². The molecule has 2 aliphatic heterocycles. The number of cyclic esters (lactones) is 1. The molecule has 2 aliphatic rings. The molecule has 3 N–H and O–H groups in total. The van der Waals surface area contributed by atoms with E-state index >= 15 is 0 Å². The summed E-state index contributed by atoms with van der Waals surface area (Å²) in [5.41, 5.74) is 7.10. The van der Waals surface area contributed by atoms with E-state index in [4.69, 9.17) is 20.2 Å². The Labute approximate surface area is 218 Å².